The summed E-state index contributed by atoms with van der Waals surface area (Å²) in [5, 5.41) is 4.07. The van der Waals surface area contributed by atoms with Crippen LogP contribution in [0.1, 0.15) is 35.7 Å². The molecule has 0 spiro atoms. The smallest absolute Gasteiger partial charge is 0.255 e. The van der Waals surface area contributed by atoms with Crippen molar-refractivity contribution < 1.29 is 17.9 Å². The lowest BCUT2D eigenvalue weighted by atomic mass is 10.0. The van der Waals surface area contributed by atoms with Crippen LogP contribution in [0.3, 0.4) is 0 Å². The molecule has 0 saturated carbocycles. The minimum absolute atomic E-state index is 0.103. The van der Waals surface area contributed by atoms with Crippen LogP contribution in [-0.2, 0) is 15.8 Å². The number of nitrogens with one attached hydrogen (secondary N) is 1. The molecule has 1 aliphatic heterocycles. The first-order chi connectivity index (χ1) is 15.7. The van der Waals surface area contributed by atoms with Crippen LogP contribution in [0, 0.1) is 5.92 Å². The van der Waals surface area contributed by atoms with E-state index in [1.165, 1.54) is 29.6 Å². The first-order valence-corrected chi connectivity index (χ1v) is 14.1. The number of piperidine rings is 1. The van der Waals surface area contributed by atoms with Gasteiger partial charge in [0, 0.05) is 41.2 Å². The third-order valence-corrected chi connectivity index (χ3v) is 9.22. The van der Waals surface area contributed by atoms with Gasteiger partial charge in [0.15, 0.2) is 0 Å². The summed E-state index contributed by atoms with van der Waals surface area (Å²) in [6, 6.07) is 9.81. The zero-order valence-corrected chi connectivity index (χ0v) is 21.8. The Morgan fingerprint density at radius 1 is 1.18 bits per heavy atom. The van der Waals surface area contributed by atoms with Gasteiger partial charge in [0.25, 0.3) is 5.91 Å². The Morgan fingerprint density at radius 2 is 1.85 bits per heavy atom. The highest BCUT2D eigenvalue weighted by molar-refractivity contribution is 7.98. The number of ether oxygens (including phenoxy) is 1. The number of carbonyl (C=O) groups excluding carboxylic acids is 1. The Hall–Kier alpha value is -1.45. The van der Waals surface area contributed by atoms with Crippen molar-refractivity contribution >= 4 is 50.9 Å². The Labute approximate surface area is 210 Å². The molecule has 1 saturated heterocycles. The maximum atomic E-state index is 13.1. The quantitative estimate of drug-likeness (QED) is 0.457. The Balaban J connectivity index is 1.62. The lowest BCUT2D eigenvalue weighted by Crippen LogP contribution is -2.38. The fourth-order valence-electron chi connectivity index (χ4n) is 3.58. The number of carbonyl (C=O) groups is 1. The van der Waals surface area contributed by atoms with Gasteiger partial charge in [-0.15, -0.1) is 0 Å². The summed E-state index contributed by atoms with van der Waals surface area (Å²) in [6.45, 7) is 3.50. The van der Waals surface area contributed by atoms with Crippen LogP contribution >= 0.6 is 35.0 Å². The summed E-state index contributed by atoms with van der Waals surface area (Å²) >= 11 is 14.0. The van der Waals surface area contributed by atoms with Crippen LogP contribution < -0.4 is 10.1 Å². The standard InChI is InChI=1S/C23H28Cl2N2O4S2/c1-16-8-11-27(12-9-16)33(29,30)17-6-7-22(31-2)18(14-17)23(28)26-10-13-32-15-19-20(24)4-3-5-21(19)25/h3-7,14,16H,8-13,15H2,1-2H3,(H,26,28). The normalized spacial score (nSPS) is 15.4. The third kappa shape index (κ3) is 6.57. The van der Waals surface area contributed by atoms with Crippen LogP contribution in [0.5, 0.6) is 5.75 Å². The van der Waals surface area contributed by atoms with E-state index in [1.54, 1.807) is 30.0 Å². The Morgan fingerprint density at radius 3 is 2.48 bits per heavy atom. The monoisotopic (exact) mass is 530 g/mol. The first-order valence-electron chi connectivity index (χ1n) is 10.7. The molecule has 0 unspecified atom stereocenters. The van der Waals surface area contributed by atoms with E-state index in [-0.39, 0.29) is 16.4 Å². The fourth-order valence-corrected chi connectivity index (χ4v) is 6.67. The molecule has 3 rings (SSSR count). The average molecular weight is 532 g/mol. The molecule has 0 bridgehead atoms. The number of benzene rings is 2. The topological polar surface area (TPSA) is 75.7 Å². The van der Waals surface area contributed by atoms with Crippen molar-refractivity contribution in [2.24, 2.45) is 5.92 Å². The van der Waals surface area contributed by atoms with Gasteiger partial charge >= 0.3 is 0 Å². The molecule has 10 heteroatoms. The molecular formula is C23H28Cl2N2O4S2. The number of nitrogens with zero attached hydrogens (tertiary/aromatic N) is 1. The lowest BCUT2D eigenvalue weighted by molar-refractivity contribution is 0.0953. The van der Waals surface area contributed by atoms with Gasteiger partial charge in [0.2, 0.25) is 10.0 Å². The van der Waals surface area contributed by atoms with Gasteiger partial charge in [-0.3, -0.25) is 4.79 Å². The van der Waals surface area contributed by atoms with E-state index in [2.05, 4.69) is 12.2 Å². The number of hydrogen-bond acceptors (Lipinski definition) is 5. The fraction of sp³-hybridized carbons (Fsp3) is 0.435. The van der Waals surface area contributed by atoms with Crippen LogP contribution in [0.15, 0.2) is 41.3 Å². The van der Waals surface area contributed by atoms with Crippen LogP contribution in [0.2, 0.25) is 10.0 Å². The van der Waals surface area contributed by atoms with E-state index < -0.39 is 10.0 Å². The number of hydrogen-bond donors (Lipinski definition) is 1. The molecule has 0 aromatic heterocycles. The molecular weight excluding hydrogens is 503 g/mol. The molecule has 0 radical (unpaired) electrons. The molecule has 1 aliphatic rings. The van der Waals surface area contributed by atoms with Crippen LogP contribution in [-0.4, -0.2) is 51.1 Å². The average Bonchev–Trinajstić information content (AvgIpc) is 2.80. The highest BCUT2D eigenvalue weighted by Gasteiger charge is 2.29. The molecule has 180 valence electrons. The van der Waals surface area contributed by atoms with Crippen LogP contribution in [0.25, 0.3) is 0 Å². The second kappa shape index (κ2) is 11.8. The van der Waals surface area contributed by atoms with Crippen molar-refractivity contribution in [3.05, 3.63) is 57.6 Å². The molecule has 0 atom stereocenters. The molecule has 1 heterocycles. The second-order valence-electron chi connectivity index (χ2n) is 7.96. The zero-order valence-electron chi connectivity index (χ0n) is 18.6. The molecule has 1 fully saturated rings. The number of rotatable bonds is 9. The minimum Gasteiger partial charge on any atom is -0.496 e. The molecule has 1 N–H and O–H groups in total. The minimum atomic E-state index is -3.67. The first kappa shape index (κ1) is 26.2. The van der Waals surface area contributed by atoms with E-state index in [4.69, 9.17) is 27.9 Å². The summed E-state index contributed by atoms with van der Waals surface area (Å²) in [5.41, 5.74) is 1.06. The van der Waals surface area contributed by atoms with Crippen LogP contribution in [0.4, 0.5) is 0 Å². The van der Waals surface area contributed by atoms with Crippen molar-refractivity contribution in [2.45, 2.75) is 30.4 Å². The molecule has 2 aromatic carbocycles. The number of thioether (sulfide) groups is 1. The van der Waals surface area contributed by atoms with Gasteiger partial charge in [-0.05, 0) is 54.7 Å². The lowest BCUT2D eigenvalue weighted by Gasteiger charge is -2.29. The predicted molar refractivity (Wildman–Crippen MR) is 135 cm³/mol. The van der Waals surface area contributed by atoms with E-state index in [0.717, 1.165) is 18.4 Å². The summed E-state index contributed by atoms with van der Waals surface area (Å²) in [4.78, 5) is 12.9. The van der Waals surface area contributed by atoms with Gasteiger partial charge in [-0.1, -0.05) is 36.2 Å². The number of methoxy groups -OCH3 is 1. The van der Waals surface area contributed by atoms with Crippen molar-refractivity contribution in [2.75, 3.05) is 32.5 Å². The second-order valence-corrected chi connectivity index (χ2v) is 11.8. The van der Waals surface area contributed by atoms with Gasteiger partial charge in [0.05, 0.1) is 17.6 Å². The summed E-state index contributed by atoms with van der Waals surface area (Å²) in [7, 11) is -2.21. The highest BCUT2D eigenvalue weighted by Crippen LogP contribution is 2.29. The molecule has 2 aromatic rings. The summed E-state index contributed by atoms with van der Waals surface area (Å²) in [5.74, 6) is 1.72. The van der Waals surface area contributed by atoms with E-state index in [0.29, 0.717) is 52.9 Å². The van der Waals surface area contributed by atoms with E-state index in [9.17, 15) is 13.2 Å². The summed E-state index contributed by atoms with van der Waals surface area (Å²) < 4.78 is 33.0. The molecule has 0 aliphatic carbocycles. The summed E-state index contributed by atoms with van der Waals surface area (Å²) in [6.07, 6.45) is 1.67. The van der Waals surface area contributed by atoms with Crippen molar-refractivity contribution in [1.82, 2.24) is 9.62 Å². The van der Waals surface area contributed by atoms with E-state index in [1.807, 2.05) is 0 Å². The SMILES string of the molecule is COc1ccc(S(=O)(=O)N2CCC(C)CC2)cc1C(=O)NCCSCc1c(Cl)cccc1Cl. The number of amides is 1. The number of halogens is 2. The Kier molecular flexibility index (Phi) is 9.35. The Bertz CT molecular complexity index is 1070. The van der Waals surface area contributed by atoms with Gasteiger partial charge in [0.1, 0.15) is 5.75 Å². The predicted octanol–water partition coefficient (Wildman–Crippen LogP) is 5.09. The third-order valence-electron chi connectivity index (χ3n) is 5.64. The van der Waals surface area contributed by atoms with Crippen molar-refractivity contribution in [1.29, 1.82) is 0 Å². The number of sulfonamides is 1. The largest absolute Gasteiger partial charge is 0.496 e. The molecule has 1 amide bonds. The van der Waals surface area contributed by atoms with Gasteiger partial charge in [-0.2, -0.15) is 16.1 Å². The maximum absolute atomic E-state index is 13.1. The van der Waals surface area contributed by atoms with Crippen molar-refractivity contribution in [3.63, 3.8) is 0 Å². The molecule has 6 nitrogen and oxygen atoms in total. The highest BCUT2D eigenvalue weighted by atomic mass is 35.5. The maximum Gasteiger partial charge on any atom is 0.255 e. The van der Waals surface area contributed by atoms with Crippen molar-refractivity contribution in [3.8, 4) is 5.75 Å². The molecule has 33 heavy (non-hydrogen) atoms. The zero-order chi connectivity index (χ0) is 24.0. The van der Waals surface area contributed by atoms with Gasteiger partial charge in [-0.25, -0.2) is 8.42 Å². The van der Waals surface area contributed by atoms with Gasteiger partial charge < -0.3 is 10.1 Å². The van der Waals surface area contributed by atoms with E-state index >= 15 is 0 Å².